The zero-order valence-electron chi connectivity index (χ0n) is 19.6. The molecule has 0 aliphatic carbocycles. The first-order valence-corrected chi connectivity index (χ1v) is 12.9. The molecule has 2 aromatic rings. The highest BCUT2D eigenvalue weighted by atomic mass is 32.2. The number of nitrogens with one attached hydrogen (secondary N) is 2. The molecule has 180 valence electrons. The van der Waals surface area contributed by atoms with Crippen molar-refractivity contribution in [2.45, 2.75) is 57.4 Å². The van der Waals surface area contributed by atoms with Crippen LogP contribution >= 0.6 is 0 Å². The van der Waals surface area contributed by atoms with Crippen LogP contribution in [0.4, 0.5) is 0 Å². The number of benzene rings is 2. The fourth-order valence-electron chi connectivity index (χ4n) is 3.75. The van der Waals surface area contributed by atoms with Crippen LogP contribution in [0.2, 0.25) is 0 Å². The summed E-state index contributed by atoms with van der Waals surface area (Å²) < 4.78 is 38.6. The van der Waals surface area contributed by atoms with Crippen molar-refractivity contribution in [1.82, 2.24) is 10.0 Å². The molecule has 7 nitrogen and oxygen atoms in total. The molecule has 3 rings (SSSR count). The monoisotopic (exact) mass is 474 g/mol. The number of carbonyl (C=O) groups excluding carboxylic acids is 1. The predicted molar refractivity (Wildman–Crippen MR) is 128 cm³/mol. The van der Waals surface area contributed by atoms with Gasteiger partial charge in [0.05, 0.1) is 10.9 Å². The van der Waals surface area contributed by atoms with Crippen LogP contribution in [-0.4, -0.2) is 34.1 Å². The number of unbranched alkanes of at least 4 members (excludes halogenated alkanes) is 2. The van der Waals surface area contributed by atoms with Gasteiger partial charge < -0.3 is 14.8 Å². The van der Waals surface area contributed by atoms with E-state index in [1.807, 2.05) is 30.3 Å². The molecule has 1 aliphatic heterocycles. The third-order valence-corrected chi connectivity index (χ3v) is 6.96. The van der Waals surface area contributed by atoms with Crippen molar-refractivity contribution in [3.8, 4) is 11.5 Å². The molecule has 0 bridgehead atoms. The molecule has 1 aliphatic rings. The molecule has 1 atom stereocenters. The van der Waals surface area contributed by atoms with Gasteiger partial charge in [-0.05, 0) is 36.0 Å². The van der Waals surface area contributed by atoms with Crippen LogP contribution in [0.15, 0.2) is 53.4 Å². The third-order valence-electron chi connectivity index (χ3n) is 5.50. The molecule has 0 aromatic heterocycles. The Morgan fingerprint density at radius 3 is 2.36 bits per heavy atom. The van der Waals surface area contributed by atoms with Crippen molar-refractivity contribution in [1.29, 1.82) is 0 Å². The number of amides is 1. The van der Waals surface area contributed by atoms with E-state index >= 15 is 0 Å². The highest BCUT2D eigenvalue weighted by molar-refractivity contribution is 7.89. The summed E-state index contributed by atoms with van der Waals surface area (Å²) >= 11 is 0. The smallest absolute Gasteiger partial charge is 0.240 e. The first-order valence-electron chi connectivity index (χ1n) is 11.4. The van der Waals surface area contributed by atoms with Crippen molar-refractivity contribution in [2.75, 3.05) is 19.8 Å². The summed E-state index contributed by atoms with van der Waals surface area (Å²) in [4.78, 5) is 12.7. The van der Waals surface area contributed by atoms with Crippen LogP contribution in [0.1, 0.15) is 58.1 Å². The second kappa shape index (κ2) is 11.0. The molecule has 1 unspecified atom stereocenters. The molecule has 0 radical (unpaired) electrons. The number of ether oxygens (including phenoxy) is 2. The van der Waals surface area contributed by atoms with E-state index in [0.717, 1.165) is 12.0 Å². The minimum Gasteiger partial charge on any atom is -0.486 e. The Balaban J connectivity index is 1.40. The summed E-state index contributed by atoms with van der Waals surface area (Å²) in [5.74, 6) is 1.01. The normalized spacial score (nSPS) is 14.5. The van der Waals surface area contributed by atoms with E-state index < -0.39 is 10.0 Å². The maximum atomic E-state index is 12.5. The fourth-order valence-corrected chi connectivity index (χ4v) is 4.84. The van der Waals surface area contributed by atoms with Gasteiger partial charge in [-0.2, -0.15) is 0 Å². The second-order valence-electron chi connectivity index (χ2n) is 9.29. The summed E-state index contributed by atoms with van der Waals surface area (Å²) in [7, 11) is -3.63. The van der Waals surface area contributed by atoms with Crippen molar-refractivity contribution in [3.05, 3.63) is 54.1 Å². The van der Waals surface area contributed by atoms with Crippen LogP contribution in [0.25, 0.3) is 0 Å². The molecule has 0 spiro atoms. The van der Waals surface area contributed by atoms with Crippen molar-refractivity contribution in [3.63, 3.8) is 0 Å². The van der Waals surface area contributed by atoms with Gasteiger partial charge in [0.15, 0.2) is 11.5 Å². The lowest BCUT2D eigenvalue weighted by Gasteiger charge is -2.32. The molecular formula is C25H34N2O5S. The summed E-state index contributed by atoms with van der Waals surface area (Å²) in [6.45, 7) is 7.50. The van der Waals surface area contributed by atoms with Crippen molar-refractivity contribution < 1.29 is 22.7 Å². The van der Waals surface area contributed by atoms with E-state index in [1.165, 1.54) is 12.1 Å². The van der Waals surface area contributed by atoms with Gasteiger partial charge in [0.2, 0.25) is 15.9 Å². The van der Waals surface area contributed by atoms with Crippen LogP contribution in [0.3, 0.4) is 0 Å². The second-order valence-corrected chi connectivity index (χ2v) is 11.1. The topological polar surface area (TPSA) is 93.7 Å². The first-order chi connectivity index (χ1) is 15.7. The molecule has 2 aromatic carbocycles. The van der Waals surface area contributed by atoms with Crippen molar-refractivity contribution >= 4 is 15.9 Å². The lowest BCUT2D eigenvalue weighted by Crippen LogP contribution is -2.36. The van der Waals surface area contributed by atoms with Gasteiger partial charge in [-0.1, -0.05) is 57.5 Å². The number of carbonyl (C=O) groups is 1. The molecular weight excluding hydrogens is 440 g/mol. The molecule has 1 amide bonds. The van der Waals surface area contributed by atoms with Crippen LogP contribution in [-0.2, 0) is 14.8 Å². The van der Waals surface area contributed by atoms with E-state index in [2.05, 4.69) is 30.8 Å². The van der Waals surface area contributed by atoms with E-state index in [9.17, 15) is 13.2 Å². The lowest BCUT2D eigenvalue weighted by molar-refractivity contribution is -0.122. The van der Waals surface area contributed by atoms with Crippen molar-refractivity contribution in [2.24, 2.45) is 5.41 Å². The first kappa shape index (κ1) is 25.1. The highest BCUT2D eigenvalue weighted by Gasteiger charge is 2.27. The Bertz CT molecular complexity index is 1030. The summed E-state index contributed by atoms with van der Waals surface area (Å²) in [5.41, 5.74) is 0.982. The molecule has 33 heavy (non-hydrogen) atoms. The summed E-state index contributed by atoms with van der Waals surface area (Å²) in [6, 6.07) is 14.5. The molecule has 8 heteroatoms. The Kier molecular flexibility index (Phi) is 8.37. The Labute approximate surface area is 196 Å². The quantitative estimate of drug-likeness (QED) is 0.504. The third kappa shape index (κ3) is 7.20. The number of rotatable bonds is 10. The van der Waals surface area contributed by atoms with Gasteiger partial charge in [-0.3, -0.25) is 4.79 Å². The van der Waals surface area contributed by atoms with E-state index in [-0.39, 0.29) is 22.3 Å². The van der Waals surface area contributed by atoms with Crippen LogP contribution in [0.5, 0.6) is 11.5 Å². The minimum absolute atomic E-state index is 0.00985. The molecule has 0 fully saturated rings. The standard InChI is InChI=1S/C25H34N2O5S/c1-25(2,3)24(19-10-6-4-7-11-19)27-23(28)12-8-5-9-15-26-33(29,30)20-13-14-21-22(18-20)32-17-16-31-21/h4,6-7,10-11,13-14,18,24,26H,5,8-9,12,15-17H2,1-3H3,(H,27,28). The van der Waals surface area contributed by atoms with Crippen LogP contribution in [0, 0.1) is 5.41 Å². The zero-order valence-corrected chi connectivity index (χ0v) is 20.4. The van der Waals surface area contributed by atoms with Gasteiger partial charge in [0, 0.05) is 19.0 Å². The average molecular weight is 475 g/mol. The molecule has 0 saturated carbocycles. The van der Waals surface area contributed by atoms with Gasteiger partial charge in [0.1, 0.15) is 13.2 Å². The van der Waals surface area contributed by atoms with Gasteiger partial charge in [-0.15, -0.1) is 0 Å². The minimum atomic E-state index is -3.63. The van der Waals surface area contributed by atoms with E-state index in [0.29, 0.717) is 50.5 Å². The fraction of sp³-hybridized carbons (Fsp3) is 0.480. The maximum Gasteiger partial charge on any atom is 0.240 e. The molecule has 0 saturated heterocycles. The summed E-state index contributed by atoms with van der Waals surface area (Å²) in [5, 5.41) is 3.16. The van der Waals surface area contributed by atoms with E-state index in [4.69, 9.17) is 9.47 Å². The lowest BCUT2D eigenvalue weighted by atomic mass is 9.82. The Morgan fingerprint density at radius 1 is 0.970 bits per heavy atom. The zero-order chi connectivity index (χ0) is 23.9. The Hall–Kier alpha value is -2.58. The Morgan fingerprint density at radius 2 is 1.67 bits per heavy atom. The number of hydrogen-bond donors (Lipinski definition) is 2. The number of hydrogen-bond acceptors (Lipinski definition) is 5. The number of fused-ring (bicyclic) bond motifs is 1. The van der Waals surface area contributed by atoms with Crippen LogP contribution < -0.4 is 19.5 Å². The predicted octanol–water partition coefficient (Wildman–Crippen LogP) is 4.20. The summed E-state index contributed by atoms with van der Waals surface area (Å²) in [6.07, 6.45) is 2.51. The SMILES string of the molecule is CC(C)(C)C(NC(=O)CCCCCNS(=O)(=O)c1ccc2c(c1)OCCO2)c1ccccc1. The maximum absolute atomic E-state index is 12.5. The average Bonchev–Trinajstić information content (AvgIpc) is 2.79. The molecule has 1 heterocycles. The molecule has 2 N–H and O–H groups in total. The number of sulfonamides is 1. The van der Waals surface area contributed by atoms with Gasteiger partial charge in [-0.25, -0.2) is 13.1 Å². The van der Waals surface area contributed by atoms with E-state index in [1.54, 1.807) is 6.07 Å². The largest absolute Gasteiger partial charge is 0.486 e. The van der Waals surface area contributed by atoms with Gasteiger partial charge in [0.25, 0.3) is 0 Å². The van der Waals surface area contributed by atoms with Gasteiger partial charge >= 0.3 is 0 Å². The highest BCUT2D eigenvalue weighted by Crippen LogP contribution is 2.33.